The summed E-state index contributed by atoms with van der Waals surface area (Å²) in [4.78, 5) is 0.0452. The molecule has 0 aliphatic rings. The van der Waals surface area contributed by atoms with Crippen LogP contribution in [0.25, 0.3) is 0 Å². The maximum Gasteiger partial charge on any atom is 0.242 e. The Morgan fingerprint density at radius 2 is 2.19 bits per heavy atom. The first kappa shape index (κ1) is 13.9. The second-order valence-electron chi connectivity index (χ2n) is 3.33. The van der Waals surface area contributed by atoms with E-state index in [1.165, 1.54) is 12.1 Å². The first-order chi connectivity index (χ1) is 7.36. The Kier molecular flexibility index (Phi) is 4.75. The summed E-state index contributed by atoms with van der Waals surface area (Å²) in [6.45, 7) is 1.91. The molecular weight excluding hydrogens is 316 g/mol. The first-order valence-electron chi connectivity index (χ1n) is 4.54. The predicted octanol–water partition coefficient (Wildman–Crippen LogP) is 1.73. The predicted molar refractivity (Wildman–Crippen MR) is 68.0 cm³/mol. The minimum Gasteiger partial charge on any atom is -0.329 e. The lowest BCUT2D eigenvalue weighted by molar-refractivity contribution is 0.562. The molecule has 1 atom stereocenters. The molecule has 1 aromatic rings. The van der Waals surface area contributed by atoms with E-state index in [0.29, 0.717) is 4.47 Å². The molecular formula is C9H12BrClN2O2S. The Morgan fingerprint density at radius 3 is 2.75 bits per heavy atom. The van der Waals surface area contributed by atoms with Gasteiger partial charge in [0.15, 0.2) is 0 Å². The summed E-state index contributed by atoms with van der Waals surface area (Å²) in [7, 11) is -3.62. The molecule has 0 aromatic heterocycles. The third kappa shape index (κ3) is 3.43. The van der Waals surface area contributed by atoms with Crippen LogP contribution in [-0.2, 0) is 10.0 Å². The summed E-state index contributed by atoms with van der Waals surface area (Å²) in [5.41, 5.74) is 5.36. The zero-order valence-corrected chi connectivity index (χ0v) is 11.7. The zero-order valence-electron chi connectivity index (χ0n) is 8.57. The highest BCUT2D eigenvalue weighted by molar-refractivity contribution is 9.10. The molecule has 0 saturated heterocycles. The maximum absolute atomic E-state index is 11.9. The molecule has 0 heterocycles. The van der Waals surface area contributed by atoms with Crippen molar-refractivity contribution in [3.8, 4) is 0 Å². The van der Waals surface area contributed by atoms with E-state index in [4.69, 9.17) is 17.3 Å². The zero-order chi connectivity index (χ0) is 12.3. The third-order valence-corrected chi connectivity index (χ3v) is 4.46. The van der Waals surface area contributed by atoms with E-state index < -0.39 is 10.0 Å². The summed E-state index contributed by atoms with van der Waals surface area (Å²) < 4.78 is 26.9. The highest BCUT2D eigenvalue weighted by Gasteiger charge is 2.19. The molecule has 0 aliphatic heterocycles. The average molecular weight is 328 g/mol. The van der Waals surface area contributed by atoms with Gasteiger partial charge in [-0.2, -0.15) is 0 Å². The van der Waals surface area contributed by atoms with Gasteiger partial charge in [-0.25, -0.2) is 13.1 Å². The molecule has 0 radical (unpaired) electrons. The Morgan fingerprint density at radius 1 is 1.56 bits per heavy atom. The van der Waals surface area contributed by atoms with Gasteiger partial charge in [-0.05, 0) is 25.1 Å². The lowest BCUT2D eigenvalue weighted by atomic mass is 10.4. The van der Waals surface area contributed by atoms with Gasteiger partial charge >= 0.3 is 0 Å². The standard InChI is InChI=1S/C9H12BrClN2O2S/c1-6(5-12)13-16(14,15)9-4-7(10)2-3-8(9)11/h2-4,6,13H,5,12H2,1H3/t6-/m0/s1. The molecule has 3 N–H and O–H groups in total. The lowest BCUT2D eigenvalue weighted by Gasteiger charge is -2.13. The fourth-order valence-corrected chi connectivity index (χ4v) is 3.35. The molecule has 7 heteroatoms. The van der Waals surface area contributed by atoms with Gasteiger partial charge in [-0.15, -0.1) is 0 Å². The number of sulfonamides is 1. The Balaban J connectivity index is 3.12. The van der Waals surface area contributed by atoms with Crippen molar-refractivity contribution in [2.45, 2.75) is 17.9 Å². The van der Waals surface area contributed by atoms with Crippen molar-refractivity contribution in [1.29, 1.82) is 0 Å². The van der Waals surface area contributed by atoms with Crippen molar-refractivity contribution >= 4 is 37.6 Å². The monoisotopic (exact) mass is 326 g/mol. The van der Waals surface area contributed by atoms with Crippen LogP contribution >= 0.6 is 27.5 Å². The number of hydrogen-bond acceptors (Lipinski definition) is 3. The number of rotatable bonds is 4. The van der Waals surface area contributed by atoms with Gasteiger partial charge in [0.25, 0.3) is 0 Å². The van der Waals surface area contributed by atoms with E-state index in [0.717, 1.165) is 0 Å². The molecule has 0 spiro atoms. The molecule has 4 nitrogen and oxygen atoms in total. The average Bonchev–Trinajstić information content (AvgIpc) is 2.20. The van der Waals surface area contributed by atoms with Crippen molar-refractivity contribution in [2.24, 2.45) is 5.73 Å². The van der Waals surface area contributed by atoms with E-state index in [9.17, 15) is 8.42 Å². The van der Waals surface area contributed by atoms with Crippen LogP contribution < -0.4 is 10.5 Å². The van der Waals surface area contributed by atoms with E-state index in [2.05, 4.69) is 20.7 Å². The van der Waals surface area contributed by atoms with Crippen LogP contribution in [0.3, 0.4) is 0 Å². The molecule has 16 heavy (non-hydrogen) atoms. The van der Waals surface area contributed by atoms with Crippen molar-refractivity contribution in [3.63, 3.8) is 0 Å². The molecule has 1 aromatic carbocycles. The van der Waals surface area contributed by atoms with E-state index >= 15 is 0 Å². The third-order valence-electron chi connectivity index (χ3n) is 1.89. The van der Waals surface area contributed by atoms with Gasteiger partial charge in [0, 0.05) is 17.1 Å². The number of halogens is 2. The summed E-state index contributed by atoms with van der Waals surface area (Å²) in [5.74, 6) is 0. The van der Waals surface area contributed by atoms with Crippen molar-refractivity contribution in [3.05, 3.63) is 27.7 Å². The minimum absolute atomic E-state index is 0.0452. The summed E-state index contributed by atoms with van der Waals surface area (Å²) in [5, 5.41) is 0.180. The smallest absolute Gasteiger partial charge is 0.242 e. The number of nitrogens with one attached hydrogen (secondary N) is 1. The second kappa shape index (κ2) is 5.46. The SMILES string of the molecule is C[C@@H](CN)NS(=O)(=O)c1cc(Br)ccc1Cl. The van der Waals surface area contributed by atoms with Crippen LogP contribution in [0.1, 0.15) is 6.92 Å². The highest BCUT2D eigenvalue weighted by Crippen LogP contribution is 2.25. The van der Waals surface area contributed by atoms with E-state index in [-0.39, 0.29) is 22.5 Å². The molecule has 0 amide bonds. The molecule has 1 rings (SSSR count). The van der Waals surface area contributed by atoms with Gasteiger partial charge in [0.05, 0.1) is 5.02 Å². The van der Waals surface area contributed by atoms with Crippen LogP contribution in [0.2, 0.25) is 5.02 Å². The van der Waals surface area contributed by atoms with Crippen LogP contribution in [-0.4, -0.2) is 21.0 Å². The van der Waals surface area contributed by atoms with E-state index in [1.54, 1.807) is 13.0 Å². The van der Waals surface area contributed by atoms with Crippen LogP contribution in [0.5, 0.6) is 0 Å². The Labute approximate surface area is 108 Å². The van der Waals surface area contributed by atoms with Gasteiger partial charge in [0.1, 0.15) is 4.90 Å². The maximum atomic E-state index is 11.9. The van der Waals surface area contributed by atoms with Crippen molar-refractivity contribution < 1.29 is 8.42 Å². The second-order valence-corrected chi connectivity index (χ2v) is 6.34. The number of benzene rings is 1. The largest absolute Gasteiger partial charge is 0.329 e. The lowest BCUT2D eigenvalue weighted by Crippen LogP contribution is -2.37. The van der Waals surface area contributed by atoms with Crippen molar-refractivity contribution in [2.75, 3.05) is 6.54 Å². The fourth-order valence-electron chi connectivity index (χ4n) is 1.06. The van der Waals surface area contributed by atoms with E-state index in [1.807, 2.05) is 0 Å². The Hall–Kier alpha value is -0.140. The van der Waals surface area contributed by atoms with Gasteiger partial charge in [0.2, 0.25) is 10.0 Å². The highest BCUT2D eigenvalue weighted by atomic mass is 79.9. The van der Waals surface area contributed by atoms with Crippen LogP contribution in [0.4, 0.5) is 0 Å². The van der Waals surface area contributed by atoms with Gasteiger partial charge in [-0.1, -0.05) is 27.5 Å². The number of nitrogens with two attached hydrogens (primary N) is 1. The van der Waals surface area contributed by atoms with Crippen LogP contribution in [0.15, 0.2) is 27.6 Å². The quantitative estimate of drug-likeness (QED) is 0.884. The fraction of sp³-hybridized carbons (Fsp3) is 0.333. The first-order valence-corrected chi connectivity index (χ1v) is 7.19. The molecule has 90 valence electrons. The molecule has 0 unspecified atom stereocenters. The molecule has 0 aliphatic carbocycles. The molecule has 0 fully saturated rings. The summed E-state index contributed by atoms with van der Waals surface area (Å²) >= 11 is 9.03. The molecule has 0 bridgehead atoms. The topological polar surface area (TPSA) is 72.2 Å². The summed E-state index contributed by atoms with van der Waals surface area (Å²) in [6.07, 6.45) is 0. The number of hydrogen-bond donors (Lipinski definition) is 2. The van der Waals surface area contributed by atoms with Gasteiger partial charge < -0.3 is 5.73 Å². The van der Waals surface area contributed by atoms with Crippen LogP contribution in [0, 0.1) is 0 Å². The van der Waals surface area contributed by atoms with Gasteiger partial charge in [-0.3, -0.25) is 0 Å². The Bertz CT molecular complexity index is 478. The van der Waals surface area contributed by atoms with Crippen molar-refractivity contribution in [1.82, 2.24) is 4.72 Å². The minimum atomic E-state index is -3.62. The summed E-state index contributed by atoms with van der Waals surface area (Å²) in [6, 6.07) is 4.31. The molecule has 0 saturated carbocycles. The normalized spacial score (nSPS) is 13.8.